The monoisotopic (exact) mass is 367 g/mol. The van der Waals surface area contributed by atoms with E-state index in [1.165, 1.54) is 11.3 Å². The summed E-state index contributed by atoms with van der Waals surface area (Å²) in [6.45, 7) is 7.01. The van der Waals surface area contributed by atoms with Crippen LogP contribution < -0.4 is 10.6 Å². The Kier molecular flexibility index (Phi) is 6.55. The third kappa shape index (κ3) is 4.79. The van der Waals surface area contributed by atoms with Crippen LogP contribution in [0.3, 0.4) is 0 Å². The van der Waals surface area contributed by atoms with E-state index in [9.17, 15) is 14.4 Å². The molecule has 0 radical (unpaired) electrons. The number of amides is 4. The summed E-state index contributed by atoms with van der Waals surface area (Å²) >= 11 is 1.39. The number of hydrogen-bond acceptors (Lipinski definition) is 5. The van der Waals surface area contributed by atoms with Crippen molar-refractivity contribution in [2.75, 3.05) is 26.3 Å². The molecule has 1 aromatic rings. The number of ether oxygens (including phenoxy) is 1. The molecule has 138 valence electrons. The smallest absolute Gasteiger partial charge is 0.325 e. The molecule has 0 bridgehead atoms. The first-order chi connectivity index (χ1) is 11.8. The third-order valence-corrected chi connectivity index (χ3v) is 5.09. The molecule has 4 amide bonds. The average molecular weight is 367 g/mol. The van der Waals surface area contributed by atoms with Gasteiger partial charge in [-0.1, -0.05) is 19.9 Å². The lowest BCUT2D eigenvalue weighted by atomic mass is 10.0. The van der Waals surface area contributed by atoms with Crippen molar-refractivity contribution in [2.45, 2.75) is 32.7 Å². The average Bonchev–Trinajstić information content (AvgIpc) is 3.15. The van der Waals surface area contributed by atoms with Gasteiger partial charge in [0.2, 0.25) is 5.91 Å². The molecular weight excluding hydrogens is 342 g/mol. The second-order valence-corrected chi connectivity index (χ2v) is 7.52. The van der Waals surface area contributed by atoms with Crippen molar-refractivity contribution >= 4 is 29.2 Å². The van der Waals surface area contributed by atoms with Crippen LogP contribution in [0.4, 0.5) is 4.79 Å². The maximum absolute atomic E-state index is 12.6. The molecule has 0 unspecified atom stereocenters. The molecule has 8 heteroatoms. The fraction of sp³-hybridized carbons (Fsp3) is 0.588. The standard InChI is InChI=1S/C17H25N3O4S/c1-12(2)6-8-24-9-7-18-14(21)11-20-15(22)17(3,19-16(20)23)13-5-4-10-25-13/h4-5,10,12H,6-9,11H2,1-3H3,(H,18,21)(H,19,23)/t17-/m1/s1. The molecular formula is C17H25N3O4S. The van der Waals surface area contributed by atoms with Crippen molar-refractivity contribution in [3.05, 3.63) is 22.4 Å². The van der Waals surface area contributed by atoms with E-state index in [0.29, 0.717) is 25.7 Å². The van der Waals surface area contributed by atoms with Gasteiger partial charge in [-0.15, -0.1) is 11.3 Å². The van der Waals surface area contributed by atoms with E-state index in [-0.39, 0.29) is 12.5 Å². The lowest BCUT2D eigenvalue weighted by molar-refractivity contribution is -0.134. The van der Waals surface area contributed by atoms with Gasteiger partial charge in [-0.05, 0) is 30.7 Å². The SMILES string of the molecule is CC(C)CCOCCNC(=O)CN1C(=O)N[C@](C)(c2cccs2)C1=O. The maximum Gasteiger partial charge on any atom is 0.325 e. The van der Waals surface area contributed by atoms with Crippen LogP contribution in [-0.4, -0.2) is 49.0 Å². The minimum atomic E-state index is -1.11. The van der Waals surface area contributed by atoms with Crippen LogP contribution in [0.5, 0.6) is 0 Å². The van der Waals surface area contributed by atoms with E-state index < -0.39 is 17.5 Å². The first kappa shape index (κ1) is 19.4. The summed E-state index contributed by atoms with van der Waals surface area (Å²) in [6, 6.07) is 3.06. The van der Waals surface area contributed by atoms with E-state index in [4.69, 9.17) is 4.74 Å². The van der Waals surface area contributed by atoms with Crippen LogP contribution in [0.2, 0.25) is 0 Å². The van der Waals surface area contributed by atoms with Gasteiger partial charge in [-0.25, -0.2) is 4.79 Å². The molecule has 0 aromatic carbocycles. The highest BCUT2D eigenvalue weighted by atomic mass is 32.1. The van der Waals surface area contributed by atoms with Crippen molar-refractivity contribution in [1.82, 2.24) is 15.5 Å². The largest absolute Gasteiger partial charge is 0.380 e. The van der Waals surface area contributed by atoms with Crippen molar-refractivity contribution < 1.29 is 19.1 Å². The zero-order chi connectivity index (χ0) is 18.4. The normalized spacial score (nSPS) is 20.2. The van der Waals surface area contributed by atoms with Gasteiger partial charge in [0.05, 0.1) is 6.61 Å². The fourth-order valence-corrected chi connectivity index (χ4v) is 3.29. The molecule has 7 nitrogen and oxygen atoms in total. The molecule has 2 N–H and O–H groups in total. The van der Waals surface area contributed by atoms with Crippen LogP contribution in [-0.2, 0) is 19.9 Å². The van der Waals surface area contributed by atoms with E-state index in [2.05, 4.69) is 24.5 Å². The van der Waals surface area contributed by atoms with E-state index >= 15 is 0 Å². The molecule has 25 heavy (non-hydrogen) atoms. The Morgan fingerprint density at radius 3 is 2.80 bits per heavy atom. The minimum absolute atomic E-state index is 0.294. The molecule has 1 aliphatic heterocycles. The number of nitrogens with zero attached hydrogens (tertiary/aromatic N) is 1. The summed E-state index contributed by atoms with van der Waals surface area (Å²) < 4.78 is 5.42. The van der Waals surface area contributed by atoms with Crippen molar-refractivity contribution in [1.29, 1.82) is 0 Å². The maximum atomic E-state index is 12.6. The molecule has 0 aliphatic carbocycles. The molecule has 1 atom stereocenters. The number of nitrogens with one attached hydrogen (secondary N) is 2. The van der Waals surface area contributed by atoms with Crippen molar-refractivity contribution in [3.63, 3.8) is 0 Å². The number of rotatable bonds is 9. The number of carbonyl (C=O) groups is 3. The molecule has 1 aliphatic rings. The van der Waals surface area contributed by atoms with Crippen LogP contribution in [0.15, 0.2) is 17.5 Å². The van der Waals surface area contributed by atoms with E-state index in [1.807, 2.05) is 11.4 Å². The predicted molar refractivity (Wildman–Crippen MR) is 95.2 cm³/mol. The molecule has 2 rings (SSSR count). The molecule has 1 saturated heterocycles. The van der Waals surface area contributed by atoms with Gasteiger partial charge < -0.3 is 15.4 Å². The number of hydrogen-bond donors (Lipinski definition) is 2. The zero-order valence-electron chi connectivity index (χ0n) is 14.8. The number of urea groups is 1. The zero-order valence-corrected chi connectivity index (χ0v) is 15.6. The summed E-state index contributed by atoms with van der Waals surface area (Å²) in [4.78, 5) is 38.4. The highest BCUT2D eigenvalue weighted by Gasteiger charge is 2.50. The van der Waals surface area contributed by atoms with Gasteiger partial charge in [0.15, 0.2) is 5.54 Å². The molecule has 1 fully saturated rings. The highest BCUT2D eigenvalue weighted by molar-refractivity contribution is 7.10. The summed E-state index contributed by atoms with van der Waals surface area (Å²) in [5.74, 6) is -0.221. The van der Waals surface area contributed by atoms with Crippen LogP contribution in [0.25, 0.3) is 0 Å². The van der Waals surface area contributed by atoms with E-state index in [1.54, 1.807) is 13.0 Å². The van der Waals surface area contributed by atoms with Gasteiger partial charge >= 0.3 is 6.03 Å². The number of imide groups is 1. The van der Waals surface area contributed by atoms with Crippen LogP contribution >= 0.6 is 11.3 Å². The number of thiophene rings is 1. The summed E-state index contributed by atoms with van der Waals surface area (Å²) in [6.07, 6.45) is 0.970. The molecule has 1 aromatic heterocycles. The Morgan fingerprint density at radius 2 is 2.16 bits per heavy atom. The lowest BCUT2D eigenvalue weighted by Crippen LogP contribution is -2.43. The van der Waals surface area contributed by atoms with Gasteiger partial charge in [-0.3, -0.25) is 14.5 Å². The van der Waals surface area contributed by atoms with Gasteiger partial charge in [-0.2, -0.15) is 0 Å². The Labute approximate surface area is 151 Å². The Morgan fingerprint density at radius 1 is 1.40 bits per heavy atom. The number of carbonyl (C=O) groups excluding carboxylic acids is 3. The molecule has 0 spiro atoms. The minimum Gasteiger partial charge on any atom is -0.380 e. The first-order valence-electron chi connectivity index (χ1n) is 8.37. The van der Waals surface area contributed by atoms with Crippen LogP contribution in [0.1, 0.15) is 32.1 Å². The summed E-state index contributed by atoms with van der Waals surface area (Å²) in [5, 5.41) is 7.18. The summed E-state index contributed by atoms with van der Waals surface area (Å²) in [5.41, 5.74) is -1.11. The van der Waals surface area contributed by atoms with Crippen LogP contribution in [0, 0.1) is 5.92 Å². The van der Waals surface area contributed by atoms with Gasteiger partial charge in [0.25, 0.3) is 5.91 Å². The second kappa shape index (κ2) is 8.44. The predicted octanol–water partition coefficient (Wildman–Crippen LogP) is 1.69. The first-order valence-corrected chi connectivity index (χ1v) is 9.25. The topological polar surface area (TPSA) is 87.7 Å². The van der Waals surface area contributed by atoms with Gasteiger partial charge in [0, 0.05) is 18.0 Å². The lowest BCUT2D eigenvalue weighted by Gasteiger charge is -2.19. The molecule has 0 saturated carbocycles. The molecule has 2 heterocycles. The van der Waals surface area contributed by atoms with Crippen molar-refractivity contribution in [2.24, 2.45) is 5.92 Å². The van der Waals surface area contributed by atoms with Gasteiger partial charge in [0.1, 0.15) is 6.54 Å². The van der Waals surface area contributed by atoms with Crippen molar-refractivity contribution in [3.8, 4) is 0 Å². The Hall–Kier alpha value is -1.93. The second-order valence-electron chi connectivity index (χ2n) is 6.57. The summed E-state index contributed by atoms with van der Waals surface area (Å²) in [7, 11) is 0. The van der Waals surface area contributed by atoms with E-state index in [0.717, 1.165) is 16.2 Å². The Balaban J connectivity index is 1.79. The Bertz CT molecular complexity index is 617. The fourth-order valence-electron chi connectivity index (χ4n) is 2.45. The quantitative estimate of drug-likeness (QED) is 0.514. The highest BCUT2D eigenvalue weighted by Crippen LogP contribution is 2.31. The third-order valence-electron chi connectivity index (χ3n) is 4.00.